The second-order valence-electron chi connectivity index (χ2n) is 4.47. The zero-order valence-electron chi connectivity index (χ0n) is 10.7. The van der Waals surface area contributed by atoms with Crippen LogP contribution in [-0.2, 0) is 4.74 Å². The lowest BCUT2D eigenvalue weighted by Crippen LogP contribution is -2.47. The van der Waals surface area contributed by atoms with Gasteiger partial charge in [-0.15, -0.1) is 0 Å². The summed E-state index contributed by atoms with van der Waals surface area (Å²) in [5, 5.41) is 12.9. The monoisotopic (exact) mass is 252 g/mol. The third-order valence-electron chi connectivity index (χ3n) is 3.16. The molecule has 0 aromatic carbocycles. The Kier molecular flexibility index (Phi) is 4.38. The molecule has 1 aromatic rings. The SMILES string of the molecule is CCOc1cccc(NC2(CO)CCOCC2)n1. The third kappa shape index (κ3) is 3.11. The van der Waals surface area contributed by atoms with E-state index in [1.165, 1.54) is 0 Å². The lowest BCUT2D eigenvalue weighted by atomic mass is 9.91. The minimum Gasteiger partial charge on any atom is -0.478 e. The molecule has 5 heteroatoms. The fourth-order valence-corrected chi connectivity index (χ4v) is 2.07. The first kappa shape index (κ1) is 13.1. The van der Waals surface area contributed by atoms with Crippen LogP contribution < -0.4 is 10.1 Å². The molecule has 1 aromatic heterocycles. The summed E-state index contributed by atoms with van der Waals surface area (Å²) in [7, 11) is 0. The van der Waals surface area contributed by atoms with E-state index in [4.69, 9.17) is 9.47 Å². The fraction of sp³-hybridized carbons (Fsp3) is 0.615. The summed E-state index contributed by atoms with van der Waals surface area (Å²) < 4.78 is 10.7. The molecule has 1 saturated heterocycles. The van der Waals surface area contributed by atoms with Crippen molar-refractivity contribution in [2.75, 3.05) is 31.7 Å². The first-order valence-corrected chi connectivity index (χ1v) is 6.35. The van der Waals surface area contributed by atoms with Gasteiger partial charge in [-0.05, 0) is 25.8 Å². The molecule has 1 aliphatic heterocycles. The van der Waals surface area contributed by atoms with Crippen molar-refractivity contribution >= 4 is 5.82 Å². The van der Waals surface area contributed by atoms with Crippen LogP contribution in [0.1, 0.15) is 19.8 Å². The van der Waals surface area contributed by atoms with E-state index < -0.39 is 0 Å². The zero-order valence-corrected chi connectivity index (χ0v) is 10.7. The average molecular weight is 252 g/mol. The number of aliphatic hydroxyl groups excluding tert-OH is 1. The van der Waals surface area contributed by atoms with Gasteiger partial charge >= 0.3 is 0 Å². The molecule has 0 radical (unpaired) electrons. The van der Waals surface area contributed by atoms with Crippen LogP contribution in [0.5, 0.6) is 5.88 Å². The average Bonchev–Trinajstić information content (AvgIpc) is 2.41. The summed E-state index contributed by atoms with van der Waals surface area (Å²) in [5.41, 5.74) is -0.323. The summed E-state index contributed by atoms with van der Waals surface area (Å²) in [5.74, 6) is 1.33. The molecular weight excluding hydrogens is 232 g/mol. The number of hydrogen-bond acceptors (Lipinski definition) is 5. The minimum atomic E-state index is -0.323. The Bertz CT molecular complexity index is 378. The summed E-state index contributed by atoms with van der Waals surface area (Å²) in [6, 6.07) is 5.60. The van der Waals surface area contributed by atoms with E-state index in [2.05, 4.69) is 10.3 Å². The minimum absolute atomic E-state index is 0.0803. The topological polar surface area (TPSA) is 63.6 Å². The molecule has 0 spiro atoms. The molecule has 2 rings (SSSR count). The molecule has 0 aliphatic carbocycles. The van der Waals surface area contributed by atoms with Gasteiger partial charge in [0.2, 0.25) is 5.88 Å². The summed E-state index contributed by atoms with van der Waals surface area (Å²) in [6.07, 6.45) is 1.56. The van der Waals surface area contributed by atoms with Crippen LogP contribution >= 0.6 is 0 Å². The number of nitrogens with zero attached hydrogens (tertiary/aromatic N) is 1. The van der Waals surface area contributed by atoms with Crippen LogP contribution in [0.4, 0.5) is 5.82 Å². The number of rotatable bonds is 5. The predicted octanol–water partition coefficient (Wildman–Crippen LogP) is 1.43. The summed E-state index contributed by atoms with van der Waals surface area (Å²) in [4.78, 5) is 4.36. The molecule has 0 unspecified atom stereocenters. The van der Waals surface area contributed by atoms with E-state index in [1.54, 1.807) is 0 Å². The highest BCUT2D eigenvalue weighted by atomic mass is 16.5. The van der Waals surface area contributed by atoms with Crippen molar-refractivity contribution in [3.8, 4) is 5.88 Å². The highest BCUT2D eigenvalue weighted by Crippen LogP contribution is 2.25. The van der Waals surface area contributed by atoms with E-state index in [-0.39, 0.29) is 12.1 Å². The van der Waals surface area contributed by atoms with Crippen LogP contribution in [0.3, 0.4) is 0 Å². The lowest BCUT2D eigenvalue weighted by molar-refractivity contribution is 0.0378. The predicted molar refractivity (Wildman–Crippen MR) is 68.9 cm³/mol. The van der Waals surface area contributed by atoms with Crippen molar-refractivity contribution in [3.63, 3.8) is 0 Å². The van der Waals surface area contributed by atoms with Crippen molar-refractivity contribution < 1.29 is 14.6 Å². The fourth-order valence-electron chi connectivity index (χ4n) is 2.07. The molecule has 0 atom stereocenters. The number of pyridine rings is 1. The van der Waals surface area contributed by atoms with Gasteiger partial charge in [0.1, 0.15) is 5.82 Å². The van der Waals surface area contributed by atoms with Crippen LogP contribution in [0, 0.1) is 0 Å². The van der Waals surface area contributed by atoms with E-state index >= 15 is 0 Å². The van der Waals surface area contributed by atoms with E-state index in [9.17, 15) is 5.11 Å². The van der Waals surface area contributed by atoms with Gasteiger partial charge in [0, 0.05) is 19.3 Å². The van der Waals surface area contributed by atoms with Crippen LogP contribution in [0.2, 0.25) is 0 Å². The first-order chi connectivity index (χ1) is 8.78. The van der Waals surface area contributed by atoms with Gasteiger partial charge in [-0.3, -0.25) is 0 Å². The molecule has 0 saturated carbocycles. The molecule has 1 aliphatic rings. The maximum absolute atomic E-state index is 9.60. The largest absolute Gasteiger partial charge is 0.478 e. The first-order valence-electron chi connectivity index (χ1n) is 6.35. The van der Waals surface area contributed by atoms with Crippen molar-refractivity contribution in [2.24, 2.45) is 0 Å². The zero-order chi connectivity index (χ0) is 12.8. The lowest BCUT2D eigenvalue weighted by Gasteiger charge is -2.36. The summed E-state index contributed by atoms with van der Waals surface area (Å²) in [6.45, 7) is 3.93. The smallest absolute Gasteiger partial charge is 0.215 e. The number of aliphatic hydroxyl groups is 1. The molecule has 5 nitrogen and oxygen atoms in total. The third-order valence-corrected chi connectivity index (χ3v) is 3.16. The maximum atomic E-state index is 9.60. The highest BCUT2D eigenvalue weighted by molar-refractivity contribution is 5.40. The number of hydrogen-bond donors (Lipinski definition) is 2. The van der Waals surface area contributed by atoms with Crippen LogP contribution in [0.25, 0.3) is 0 Å². The molecule has 1 fully saturated rings. The Balaban J connectivity index is 2.08. The standard InChI is InChI=1S/C13H20N2O3/c1-2-18-12-5-3-4-11(14-12)15-13(10-16)6-8-17-9-7-13/h3-5,16H,2,6-10H2,1H3,(H,14,15). The van der Waals surface area contributed by atoms with Crippen LogP contribution in [-0.4, -0.2) is 42.1 Å². The van der Waals surface area contributed by atoms with Gasteiger partial charge in [-0.25, -0.2) is 0 Å². The van der Waals surface area contributed by atoms with Gasteiger partial charge in [-0.2, -0.15) is 4.98 Å². The van der Waals surface area contributed by atoms with Gasteiger partial charge in [-0.1, -0.05) is 6.07 Å². The molecule has 0 bridgehead atoms. The Hall–Kier alpha value is -1.33. The molecule has 0 amide bonds. The molecule has 100 valence electrons. The Morgan fingerprint density at radius 1 is 1.44 bits per heavy atom. The van der Waals surface area contributed by atoms with Crippen molar-refractivity contribution in [2.45, 2.75) is 25.3 Å². The van der Waals surface area contributed by atoms with Gasteiger partial charge in [0.25, 0.3) is 0 Å². The molecule has 2 N–H and O–H groups in total. The van der Waals surface area contributed by atoms with E-state index in [0.29, 0.717) is 25.7 Å². The van der Waals surface area contributed by atoms with Gasteiger partial charge < -0.3 is 19.9 Å². The van der Waals surface area contributed by atoms with E-state index in [0.717, 1.165) is 18.7 Å². The highest BCUT2D eigenvalue weighted by Gasteiger charge is 2.32. The van der Waals surface area contributed by atoms with Gasteiger partial charge in [0.05, 0.1) is 18.8 Å². The second-order valence-corrected chi connectivity index (χ2v) is 4.47. The number of anilines is 1. The number of ether oxygens (including phenoxy) is 2. The Labute approximate surface area is 107 Å². The molecule has 18 heavy (non-hydrogen) atoms. The molecular formula is C13H20N2O3. The Morgan fingerprint density at radius 2 is 2.22 bits per heavy atom. The quantitative estimate of drug-likeness (QED) is 0.830. The normalized spacial score (nSPS) is 18.3. The van der Waals surface area contributed by atoms with Gasteiger partial charge in [0.15, 0.2) is 0 Å². The van der Waals surface area contributed by atoms with Crippen molar-refractivity contribution in [1.29, 1.82) is 0 Å². The maximum Gasteiger partial charge on any atom is 0.215 e. The molecule has 2 heterocycles. The van der Waals surface area contributed by atoms with Crippen molar-refractivity contribution in [1.82, 2.24) is 4.98 Å². The van der Waals surface area contributed by atoms with Crippen LogP contribution in [0.15, 0.2) is 18.2 Å². The summed E-state index contributed by atoms with van der Waals surface area (Å²) >= 11 is 0. The number of nitrogens with one attached hydrogen (secondary N) is 1. The second kappa shape index (κ2) is 6.02. The number of aromatic nitrogens is 1. The Morgan fingerprint density at radius 3 is 2.89 bits per heavy atom. The van der Waals surface area contributed by atoms with Crippen molar-refractivity contribution in [3.05, 3.63) is 18.2 Å². The van der Waals surface area contributed by atoms with E-state index in [1.807, 2.05) is 25.1 Å².